The predicted octanol–water partition coefficient (Wildman–Crippen LogP) is 0.340. The van der Waals surface area contributed by atoms with Crippen molar-refractivity contribution in [2.24, 2.45) is 5.92 Å². The number of morpholine rings is 1. The summed E-state index contributed by atoms with van der Waals surface area (Å²) in [5, 5.41) is 2.50. The maximum atomic E-state index is 12.6. The molecule has 178 valence electrons. The van der Waals surface area contributed by atoms with Crippen LogP contribution in [-0.4, -0.2) is 63.3 Å². The van der Waals surface area contributed by atoms with Crippen LogP contribution in [0, 0.1) is 5.92 Å². The zero-order chi connectivity index (χ0) is 23.6. The first-order valence-electron chi connectivity index (χ1n) is 10.7. The normalized spacial score (nSPS) is 14.7. The molecule has 3 N–H and O–H groups in total. The largest absolute Gasteiger partial charge is 0.379 e. The molecule has 1 fully saturated rings. The molecule has 0 saturated carbocycles. The number of hydrogen-bond donors (Lipinski definition) is 3. The van der Waals surface area contributed by atoms with E-state index in [1.165, 1.54) is 16.4 Å². The number of ether oxygens (including phenoxy) is 1. The molecule has 1 aliphatic heterocycles. The van der Waals surface area contributed by atoms with Gasteiger partial charge in [-0.1, -0.05) is 26.0 Å². The van der Waals surface area contributed by atoms with Gasteiger partial charge in [0.2, 0.25) is 21.8 Å². The van der Waals surface area contributed by atoms with E-state index in [1.807, 2.05) is 13.8 Å². The van der Waals surface area contributed by atoms with Gasteiger partial charge in [0.05, 0.1) is 24.7 Å². The Kier molecular flexibility index (Phi) is 10.1. The number of amides is 3. The van der Waals surface area contributed by atoms with Crippen LogP contribution in [-0.2, 0) is 35.6 Å². The Hall–Kier alpha value is -2.50. The summed E-state index contributed by atoms with van der Waals surface area (Å²) in [5.74, 6) is -0.720. The fourth-order valence-corrected chi connectivity index (χ4v) is 4.36. The number of aryl methyl sites for hydroxylation is 1. The lowest BCUT2D eigenvalue weighted by Gasteiger charge is -2.26. The number of rotatable bonds is 10. The number of hydrazine groups is 1. The molecule has 11 heteroatoms. The second-order valence-corrected chi connectivity index (χ2v) is 9.90. The summed E-state index contributed by atoms with van der Waals surface area (Å²) in [6.45, 7) is 5.24. The van der Waals surface area contributed by atoms with Crippen molar-refractivity contribution in [3.05, 3.63) is 29.8 Å². The molecule has 1 saturated heterocycles. The van der Waals surface area contributed by atoms with E-state index < -0.39 is 21.8 Å². The highest BCUT2D eigenvalue weighted by atomic mass is 32.2. The molecule has 1 heterocycles. The topological polar surface area (TPSA) is 134 Å². The Morgan fingerprint density at radius 3 is 2.22 bits per heavy atom. The molecule has 32 heavy (non-hydrogen) atoms. The maximum absolute atomic E-state index is 12.6. The van der Waals surface area contributed by atoms with E-state index in [9.17, 15) is 22.8 Å². The van der Waals surface area contributed by atoms with Crippen LogP contribution in [0.5, 0.6) is 0 Å². The fraction of sp³-hybridized carbons (Fsp3) is 0.571. The molecule has 1 aromatic rings. The summed E-state index contributed by atoms with van der Waals surface area (Å²) in [7, 11) is -3.55. The molecule has 3 amide bonds. The van der Waals surface area contributed by atoms with E-state index >= 15 is 0 Å². The Bertz CT molecular complexity index is 880. The highest BCUT2D eigenvalue weighted by molar-refractivity contribution is 7.89. The molecule has 0 atom stereocenters. The average Bonchev–Trinajstić information content (AvgIpc) is 2.79. The van der Waals surface area contributed by atoms with E-state index in [0.29, 0.717) is 45.1 Å². The molecular formula is C21H32N4O6S. The quantitative estimate of drug-likeness (QED) is 0.424. The summed E-state index contributed by atoms with van der Waals surface area (Å²) in [4.78, 5) is 35.5. The first-order chi connectivity index (χ1) is 15.2. The van der Waals surface area contributed by atoms with Gasteiger partial charge in [-0.05, 0) is 36.5 Å². The zero-order valence-corrected chi connectivity index (χ0v) is 19.4. The van der Waals surface area contributed by atoms with Gasteiger partial charge in [0.25, 0.3) is 5.91 Å². The Morgan fingerprint density at radius 1 is 0.969 bits per heavy atom. The summed E-state index contributed by atoms with van der Waals surface area (Å²) in [5.41, 5.74) is 5.35. The van der Waals surface area contributed by atoms with Gasteiger partial charge in [-0.15, -0.1) is 0 Å². The van der Waals surface area contributed by atoms with Crippen molar-refractivity contribution in [3.63, 3.8) is 0 Å². The molecule has 0 aliphatic carbocycles. The number of benzene rings is 1. The van der Waals surface area contributed by atoms with Crippen molar-refractivity contribution in [1.29, 1.82) is 0 Å². The van der Waals surface area contributed by atoms with Gasteiger partial charge in [-0.25, -0.2) is 8.42 Å². The minimum absolute atomic E-state index is 0.108. The molecule has 0 spiro atoms. The van der Waals surface area contributed by atoms with E-state index in [4.69, 9.17) is 4.74 Å². The van der Waals surface area contributed by atoms with Crippen LogP contribution in [0.1, 0.15) is 38.7 Å². The van der Waals surface area contributed by atoms with Gasteiger partial charge < -0.3 is 10.1 Å². The lowest BCUT2D eigenvalue weighted by molar-refractivity contribution is -0.129. The summed E-state index contributed by atoms with van der Waals surface area (Å²) < 4.78 is 31.8. The fourth-order valence-electron chi connectivity index (χ4n) is 2.96. The predicted molar refractivity (Wildman–Crippen MR) is 118 cm³/mol. The number of nitrogens with zero attached hydrogens (tertiary/aromatic N) is 1. The molecule has 10 nitrogen and oxygen atoms in total. The second kappa shape index (κ2) is 12.5. The number of carbonyl (C=O) groups is 3. The minimum atomic E-state index is -3.55. The molecule has 1 aliphatic rings. The molecule has 0 bridgehead atoms. The third-order valence-corrected chi connectivity index (χ3v) is 6.82. The van der Waals surface area contributed by atoms with Gasteiger partial charge in [0.1, 0.15) is 0 Å². The first kappa shape index (κ1) is 25.8. The van der Waals surface area contributed by atoms with Crippen molar-refractivity contribution in [2.75, 3.05) is 32.8 Å². The van der Waals surface area contributed by atoms with Crippen LogP contribution in [0.4, 0.5) is 0 Å². The minimum Gasteiger partial charge on any atom is -0.379 e. The third-order valence-electron chi connectivity index (χ3n) is 4.91. The molecular weight excluding hydrogens is 436 g/mol. The lowest BCUT2D eigenvalue weighted by Crippen LogP contribution is -2.46. The standard InChI is InChI=1S/C21H32N4O6S/c1-16(2)3-9-19(26)22-15-21(28)24-23-20(27)10-6-17-4-7-18(8-5-17)32(29,30)25-11-13-31-14-12-25/h4-5,7-8,16H,3,6,9-15H2,1-2H3,(H,22,26)(H,23,27)(H,24,28). The van der Waals surface area contributed by atoms with Crippen LogP contribution in [0.25, 0.3) is 0 Å². The number of sulfonamides is 1. The Balaban J connectivity index is 1.70. The van der Waals surface area contributed by atoms with E-state index in [-0.39, 0.29) is 23.8 Å². The van der Waals surface area contributed by atoms with E-state index in [0.717, 1.165) is 12.0 Å². The van der Waals surface area contributed by atoms with E-state index in [1.54, 1.807) is 12.1 Å². The van der Waals surface area contributed by atoms with Crippen molar-refractivity contribution in [3.8, 4) is 0 Å². The zero-order valence-electron chi connectivity index (χ0n) is 18.6. The van der Waals surface area contributed by atoms with Gasteiger partial charge in [-0.3, -0.25) is 25.2 Å². The third kappa shape index (κ3) is 8.56. The summed E-state index contributed by atoms with van der Waals surface area (Å²) >= 11 is 0. The van der Waals surface area contributed by atoms with Crippen LogP contribution in [0.2, 0.25) is 0 Å². The Labute approximate surface area is 189 Å². The van der Waals surface area contributed by atoms with Crippen molar-refractivity contribution in [1.82, 2.24) is 20.5 Å². The highest BCUT2D eigenvalue weighted by Crippen LogP contribution is 2.18. The van der Waals surface area contributed by atoms with Gasteiger partial charge in [0.15, 0.2) is 0 Å². The van der Waals surface area contributed by atoms with Gasteiger partial charge in [0, 0.05) is 25.9 Å². The second-order valence-electron chi connectivity index (χ2n) is 7.97. The molecule has 0 aromatic heterocycles. The monoisotopic (exact) mass is 468 g/mol. The summed E-state index contributed by atoms with van der Waals surface area (Å²) in [6.07, 6.45) is 1.58. The highest BCUT2D eigenvalue weighted by Gasteiger charge is 2.26. The average molecular weight is 469 g/mol. The molecule has 0 radical (unpaired) electrons. The van der Waals surface area contributed by atoms with Crippen LogP contribution in [0.3, 0.4) is 0 Å². The maximum Gasteiger partial charge on any atom is 0.257 e. The van der Waals surface area contributed by atoms with Gasteiger partial charge >= 0.3 is 0 Å². The smallest absolute Gasteiger partial charge is 0.257 e. The molecule has 0 unspecified atom stereocenters. The number of nitrogens with one attached hydrogen (secondary N) is 3. The van der Waals surface area contributed by atoms with Crippen LogP contribution < -0.4 is 16.2 Å². The molecule has 2 rings (SSSR count). The van der Waals surface area contributed by atoms with Gasteiger partial charge in [-0.2, -0.15) is 4.31 Å². The summed E-state index contributed by atoms with van der Waals surface area (Å²) in [6, 6.07) is 6.40. The number of carbonyl (C=O) groups excluding carboxylic acids is 3. The SMILES string of the molecule is CC(C)CCC(=O)NCC(=O)NNC(=O)CCc1ccc(S(=O)(=O)N2CCOCC2)cc1. The van der Waals surface area contributed by atoms with Crippen LogP contribution in [0.15, 0.2) is 29.2 Å². The lowest BCUT2D eigenvalue weighted by atomic mass is 10.1. The molecule has 1 aromatic carbocycles. The Morgan fingerprint density at radius 2 is 1.59 bits per heavy atom. The van der Waals surface area contributed by atoms with Crippen molar-refractivity contribution in [2.45, 2.75) is 44.4 Å². The van der Waals surface area contributed by atoms with Crippen molar-refractivity contribution >= 4 is 27.7 Å². The number of hydrogen-bond acceptors (Lipinski definition) is 6. The first-order valence-corrected chi connectivity index (χ1v) is 12.1. The van der Waals surface area contributed by atoms with Crippen LogP contribution >= 0.6 is 0 Å². The van der Waals surface area contributed by atoms with Crippen molar-refractivity contribution < 1.29 is 27.5 Å². The van der Waals surface area contributed by atoms with E-state index in [2.05, 4.69) is 16.2 Å².